The number of hydrogen-bond donors (Lipinski definition) is 1. The Balaban J connectivity index is 0.00000242. The van der Waals surface area contributed by atoms with Crippen LogP contribution >= 0.6 is 12.4 Å². The van der Waals surface area contributed by atoms with E-state index in [4.69, 9.17) is 10.5 Å². The number of rotatable bonds is 4. The van der Waals surface area contributed by atoms with Gasteiger partial charge >= 0.3 is 11.7 Å². The van der Waals surface area contributed by atoms with Crippen LogP contribution in [0.5, 0.6) is 0 Å². The van der Waals surface area contributed by atoms with Crippen LogP contribution in [-0.2, 0) is 36.7 Å². The molecule has 10 heteroatoms. The number of nitrogens with two attached hydrogens (primary N) is 1. The average molecular weight is 332 g/mol. The fraction of sp³-hybridized carbons (Fsp3) is 0.500. The molecule has 0 saturated carbocycles. The van der Waals surface area contributed by atoms with Crippen LogP contribution in [0.25, 0.3) is 11.2 Å². The third-order valence-corrected chi connectivity index (χ3v) is 3.20. The van der Waals surface area contributed by atoms with E-state index in [0.717, 1.165) is 4.57 Å². The standard InChI is InChI=1S/C12H17N5O4.ClH/c1-4-21-8(18)6-17-7(5-13)14-10-9(17)11(19)16(3)12(20)15(10)2;/h4-6,13H2,1-3H3;1H. The fourth-order valence-corrected chi connectivity index (χ4v) is 2.15. The first kappa shape index (κ1) is 17.9. The van der Waals surface area contributed by atoms with Crippen LogP contribution < -0.4 is 17.0 Å². The number of halogens is 1. The Kier molecular flexibility index (Phi) is 5.50. The molecule has 0 amide bonds. The lowest BCUT2D eigenvalue weighted by molar-refractivity contribution is -0.143. The number of hydrogen-bond acceptors (Lipinski definition) is 6. The summed E-state index contributed by atoms with van der Waals surface area (Å²) < 4.78 is 8.49. The minimum absolute atomic E-state index is 0. The number of imidazole rings is 1. The van der Waals surface area contributed by atoms with Gasteiger partial charge < -0.3 is 15.0 Å². The number of esters is 1. The third kappa shape index (κ3) is 2.77. The molecule has 0 atom stereocenters. The van der Waals surface area contributed by atoms with Crippen LogP contribution in [0.2, 0.25) is 0 Å². The fourth-order valence-electron chi connectivity index (χ4n) is 2.15. The SMILES string of the molecule is CCOC(=O)Cn1c(CN)nc2c1c(=O)n(C)c(=O)n2C.Cl. The summed E-state index contributed by atoms with van der Waals surface area (Å²) >= 11 is 0. The van der Waals surface area contributed by atoms with E-state index in [1.807, 2.05) is 0 Å². The molecule has 2 N–H and O–H groups in total. The lowest BCUT2D eigenvalue weighted by Gasteiger charge is -2.08. The molecule has 0 unspecified atom stereocenters. The van der Waals surface area contributed by atoms with E-state index in [9.17, 15) is 14.4 Å². The third-order valence-electron chi connectivity index (χ3n) is 3.20. The van der Waals surface area contributed by atoms with Crippen molar-refractivity contribution in [2.24, 2.45) is 19.8 Å². The zero-order valence-corrected chi connectivity index (χ0v) is 13.3. The lowest BCUT2D eigenvalue weighted by atomic mass is 10.4. The monoisotopic (exact) mass is 331 g/mol. The largest absolute Gasteiger partial charge is 0.465 e. The number of carbonyl (C=O) groups is 1. The first-order valence-electron chi connectivity index (χ1n) is 6.43. The second-order valence-corrected chi connectivity index (χ2v) is 4.50. The number of carbonyl (C=O) groups excluding carboxylic acids is 1. The molecule has 0 bridgehead atoms. The van der Waals surface area contributed by atoms with Crippen molar-refractivity contribution in [3.63, 3.8) is 0 Å². The minimum atomic E-state index is -0.524. The van der Waals surface area contributed by atoms with Crippen molar-refractivity contribution < 1.29 is 9.53 Å². The summed E-state index contributed by atoms with van der Waals surface area (Å²) in [6.07, 6.45) is 0. The van der Waals surface area contributed by atoms with Crippen LogP contribution in [0.4, 0.5) is 0 Å². The van der Waals surface area contributed by atoms with Crippen molar-refractivity contribution >= 4 is 29.5 Å². The molecule has 0 spiro atoms. The minimum Gasteiger partial charge on any atom is -0.465 e. The highest BCUT2D eigenvalue weighted by molar-refractivity contribution is 5.85. The molecular formula is C12H18ClN5O4. The van der Waals surface area contributed by atoms with Crippen molar-refractivity contribution in [3.8, 4) is 0 Å². The zero-order chi connectivity index (χ0) is 15.7. The van der Waals surface area contributed by atoms with Gasteiger partial charge in [0.2, 0.25) is 0 Å². The normalized spacial score (nSPS) is 10.5. The van der Waals surface area contributed by atoms with E-state index >= 15 is 0 Å². The Morgan fingerprint density at radius 1 is 1.27 bits per heavy atom. The summed E-state index contributed by atoms with van der Waals surface area (Å²) in [6.45, 7) is 1.78. The summed E-state index contributed by atoms with van der Waals surface area (Å²) in [6, 6.07) is 0. The maximum absolute atomic E-state index is 12.3. The lowest BCUT2D eigenvalue weighted by Crippen LogP contribution is -2.37. The topological polar surface area (TPSA) is 114 Å². The number of aryl methyl sites for hydroxylation is 1. The van der Waals surface area contributed by atoms with Crippen molar-refractivity contribution in [1.29, 1.82) is 0 Å². The van der Waals surface area contributed by atoms with Gasteiger partial charge in [-0.15, -0.1) is 12.4 Å². The van der Waals surface area contributed by atoms with Crippen molar-refractivity contribution in [2.75, 3.05) is 6.61 Å². The van der Waals surface area contributed by atoms with Gasteiger partial charge in [-0.2, -0.15) is 0 Å². The van der Waals surface area contributed by atoms with Gasteiger partial charge in [-0.25, -0.2) is 9.78 Å². The van der Waals surface area contributed by atoms with Gasteiger partial charge in [0, 0.05) is 14.1 Å². The maximum atomic E-state index is 12.3. The van der Waals surface area contributed by atoms with Crippen molar-refractivity contribution in [2.45, 2.75) is 20.0 Å². The highest BCUT2D eigenvalue weighted by atomic mass is 35.5. The van der Waals surface area contributed by atoms with Gasteiger partial charge in [-0.3, -0.25) is 18.7 Å². The second-order valence-electron chi connectivity index (χ2n) is 4.50. The summed E-state index contributed by atoms with van der Waals surface area (Å²) in [5.41, 5.74) is 4.96. The Hall–Kier alpha value is -2.13. The van der Waals surface area contributed by atoms with E-state index in [2.05, 4.69) is 4.98 Å². The predicted octanol–water partition coefficient (Wildman–Crippen LogP) is -1.12. The quantitative estimate of drug-likeness (QED) is 0.710. The van der Waals surface area contributed by atoms with Gasteiger partial charge in [0.15, 0.2) is 11.2 Å². The van der Waals surface area contributed by atoms with E-state index in [1.54, 1.807) is 6.92 Å². The Bertz CT molecular complexity index is 820. The Labute approximate surface area is 131 Å². The summed E-state index contributed by atoms with van der Waals surface area (Å²) in [7, 11) is 2.88. The molecule has 22 heavy (non-hydrogen) atoms. The molecule has 9 nitrogen and oxygen atoms in total. The summed E-state index contributed by atoms with van der Waals surface area (Å²) in [4.78, 5) is 40.0. The van der Waals surface area contributed by atoms with Crippen LogP contribution in [0.1, 0.15) is 12.7 Å². The molecule has 0 aromatic carbocycles. The first-order valence-corrected chi connectivity index (χ1v) is 6.43. The Morgan fingerprint density at radius 3 is 2.45 bits per heavy atom. The molecule has 122 valence electrons. The van der Waals surface area contributed by atoms with Crippen molar-refractivity contribution in [3.05, 3.63) is 26.7 Å². The molecule has 0 aliphatic heterocycles. The van der Waals surface area contributed by atoms with Gasteiger partial charge in [0.1, 0.15) is 12.4 Å². The van der Waals surface area contributed by atoms with Gasteiger partial charge in [0.05, 0.1) is 13.2 Å². The van der Waals surface area contributed by atoms with Crippen molar-refractivity contribution in [1.82, 2.24) is 18.7 Å². The van der Waals surface area contributed by atoms with E-state index in [-0.39, 0.29) is 43.3 Å². The molecule has 0 aliphatic carbocycles. The molecule has 2 heterocycles. The molecule has 2 aromatic heterocycles. The highest BCUT2D eigenvalue weighted by Gasteiger charge is 2.20. The summed E-state index contributed by atoms with van der Waals surface area (Å²) in [5.74, 6) is -0.154. The Morgan fingerprint density at radius 2 is 1.91 bits per heavy atom. The molecule has 2 aromatic rings. The van der Waals surface area contributed by atoms with E-state index < -0.39 is 17.2 Å². The maximum Gasteiger partial charge on any atom is 0.332 e. The molecule has 0 aliphatic rings. The molecule has 0 radical (unpaired) electrons. The number of aromatic nitrogens is 4. The smallest absolute Gasteiger partial charge is 0.332 e. The summed E-state index contributed by atoms with van der Waals surface area (Å²) in [5, 5.41) is 0. The molecule has 0 saturated heterocycles. The van der Waals surface area contributed by atoms with Crippen LogP contribution in [-0.4, -0.2) is 31.3 Å². The molecule has 2 rings (SSSR count). The van der Waals surface area contributed by atoms with Gasteiger partial charge in [0.25, 0.3) is 5.56 Å². The highest BCUT2D eigenvalue weighted by Crippen LogP contribution is 2.11. The number of nitrogens with zero attached hydrogens (tertiary/aromatic N) is 4. The van der Waals surface area contributed by atoms with Crippen LogP contribution in [0, 0.1) is 0 Å². The predicted molar refractivity (Wildman–Crippen MR) is 82.0 cm³/mol. The zero-order valence-electron chi connectivity index (χ0n) is 12.5. The molecule has 0 fully saturated rings. The number of ether oxygens (including phenoxy) is 1. The van der Waals surface area contributed by atoms with Crippen LogP contribution in [0.3, 0.4) is 0 Å². The number of fused-ring (bicyclic) bond motifs is 1. The average Bonchev–Trinajstić information content (AvgIpc) is 2.81. The second kappa shape index (κ2) is 6.75. The van der Waals surface area contributed by atoms with Crippen LogP contribution in [0.15, 0.2) is 9.59 Å². The van der Waals surface area contributed by atoms with E-state index in [1.165, 1.54) is 23.2 Å². The first-order chi connectivity index (χ1) is 9.92. The van der Waals surface area contributed by atoms with Gasteiger partial charge in [-0.1, -0.05) is 0 Å². The molecular weight excluding hydrogens is 314 g/mol. The van der Waals surface area contributed by atoms with Gasteiger partial charge in [-0.05, 0) is 6.92 Å². The van der Waals surface area contributed by atoms with E-state index in [0.29, 0.717) is 5.82 Å².